The van der Waals surface area contributed by atoms with E-state index in [1.165, 1.54) is 10.5 Å². The largest absolute Gasteiger partial charge is 0.741 e. The van der Waals surface area contributed by atoms with Crippen LogP contribution in [0.15, 0.2) is 43.0 Å². The third kappa shape index (κ3) is 6.93. The highest BCUT2D eigenvalue weighted by atomic mass is 32.2. The van der Waals surface area contributed by atoms with Gasteiger partial charge in [0, 0.05) is 44.3 Å². The first-order valence-electron chi connectivity index (χ1n) is 15.9. The number of hydrogen-bond acceptors (Lipinski definition) is 12. The van der Waals surface area contributed by atoms with Crippen LogP contribution in [0.1, 0.15) is 50.3 Å². The number of anilines is 3. The van der Waals surface area contributed by atoms with Crippen LogP contribution in [0.25, 0.3) is 10.9 Å². The molecule has 0 aromatic carbocycles. The van der Waals surface area contributed by atoms with Crippen LogP contribution in [0, 0.1) is 5.21 Å². The van der Waals surface area contributed by atoms with Gasteiger partial charge in [0.25, 0.3) is 0 Å². The summed E-state index contributed by atoms with van der Waals surface area (Å²) in [7, 11) is -3.77. The molecule has 5 heterocycles. The predicted molar refractivity (Wildman–Crippen MR) is 177 cm³/mol. The zero-order valence-corrected chi connectivity index (χ0v) is 27.0. The molecule has 0 unspecified atom stereocenters. The molecule has 3 fully saturated rings. The lowest BCUT2D eigenvalue weighted by Gasteiger charge is -2.31. The van der Waals surface area contributed by atoms with E-state index in [0.29, 0.717) is 65.2 Å². The monoisotopic (exact) mass is 662 g/mol. The number of rotatable bonds is 11. The van der Waals surface area contributed by atoms with Gasteiger partial charge >= 0.3 is 5.95 Å². The molecule has 248 valence electrons. The minimum Gasteiger partial charge on any atom is -0.741 e. The van der Waals surface area contributed by atoms with E-state index in [1.54, 1.807) is 35.3 Å². The summed E-state index contributed by atoms with van der Waals surface area (Å²) in [4.78, 5) is 24.6. The Balaban J connectivity index is 1.19. The van der Waals surface area contributed by atoms with E-state index in [-0.39, 0.29) is 30.7 Å². The molecule has 0 amide bonds. The van der Waals surface area contributed by atoms with Crippen LogP contribution in [-0.4, -0.2) is 94.1 Å². The van der Waals surface area contributed by atoms with Crippen LogP contribution in [0.2, 0.25) is 0 Å². The SMILES string of the molecule is C=[N+]([O-])c1ncc(CN(c2cnc3cc(N4CCOCC4)nc(OC4CCC(Nc5ncccn5)CC4)c3c2)S(C)(=O)=O)n1C1CC1. The number of hydrogen-bond donors (Lipinski definition) is 1. The number of nitrogens with one attached hydrogen (secondary N) is 1. The molecule has 0 spiro atoms. The molecule has 7 rings (SSSR count). The normalized spacial score (nSPS) is 20.2. The second-order valence-electron chi connectivity index (χ2n) is 12.3. The van der Waals surface area contributed by atoms with Gasteiger partial charge < -0.3 is 24.9 Å². The fourth-order valence-corrected chi connectivity index (χ4v) is 7.10. The molecule has 0 radical (unpaired) electrons. The summed E-state index contributed by atoms with van der Waals surface area (Å²) in [5.74, 6) is 1.93. The maximum atomic E-state index is 13.2. The molecule has 4 aromatic heterocycles. The van der Waals surface area contributed by atoms with Gasteiger partial charge in [0.05, 0.1) is 54.8 Å². The number of pyridine rings is 2. The second kappa shape index (κ2) is 12.9. The van der Waals surface area contributed by atoms with Crippen molar-refractivity contribution in [3.63, 3.8) is 0 Å². The minimum absolute atomic E-state index is 0.0268. The molecule has 47 heavy (non-hydrogen) atoms. The molecule has 4 aromatic rings. The minimum atomic E-state index is -3.77. The molecule has 1 N–H and O–H groups in total. The average molecular weight is 663 g/mol. The van der Waals surface area contributed by atoms with E-state index >= 15 is 0 Å². The third-order valence-corrected chi connectivity index (χ3v) is 9.93. The standard InChI is InChI=1S/C31H38N10O5S/c1-38(42)31-35-19-24(41(31)22-6-7-22)20-40(47(2,43)44)23-16-26-27(34-18-23)17-28(39-12-14-45-15-13-39)37-29(26)46-25-8-4-21(5-9-25)36-30-32-10-3-11-33-30/h3,10-11,16-19,21-22,25H,1,4-9,12-15,20H2,2H3,(H,32,33,36). The van der Waals surface area contributed by atoms with E-state index in [9.17, 15) is 13.6 Å². The summed E-state index contributed by atoms with van der Waals surface area (Å²) in [5.41, 5.74) is 1.61. The number of sulfonamides is 1. The van der Waals surface area contributed by atoms with Crippen LogP contribution in [0.5, 0.6) is 5.88 Å². The summed E-state index contributed by atoms with van der Waals surface area (Å²) < 4.78 is 42.2. The number of fused-ring (bicyclic) bond motifs is 1. The predicted octanol–water partition coefficient (Wildman–Crippen LogP) is 3.40. The van der Waals surface area contributed by atoms with Crippen LogP contribution in [0.3, 0.4) is 0 Å². The quantitative estimate of drug-likeness (QED) is 0.108. The van der Waals surface area contributed by atoms with E-state index in [0.717, 1.165) is 50.6 Å². The van der Waals surface area contributed by atoms with Crippen LogP contribution >= 0.6 is 0 Å². The Morgan fingerprint density at radius 1 is 1.06 bits per heavy atom. The molecule has 15 nitrogen and oxygen atoms in total. The lowest BCUT2D eigenvalue weighted by molar-refractivity contribution is -0.362. The van der Waals surface area contributed by atoms with E-state index < -0.39 is 10.0 Å². The van der Waals surface area contributed by atoms with Gasteiger partial charge in [-0.05, 0) is 50.7 Å². The summed E-state index contributed by atoms with van der Waals surface area (Å²) in [6.45, 7) is 6.02. The lowest BCUT2D eigenvalue weighted by Crippen LogP contribution is -2.37. The van der Waals surface area contributed by atoms with Crippen molar-refractivity contribution in [1.29, 1.82) is 0 Å². The highest BCUT2D eigenvalue weighted by molar-refractivity contribution is 7.92. The summed E-state index contributed by atoms with van der Waals surface area (Å²) in [5, 5.41) is 16.1. The van der Waals surface area contributed by atoms with Crippen molar-refractivity contribution >= 4 is 51.0 Å². The van der Waals surface area contributed by atoms with Crippen molar-refractivity contribution in [2.24, 2.45) is 0 Å². The fraction of sp³-hybridized carbons (Fsp3) is 0.484. The first-order valence-corrected chi connectivity index (χ1v) is 17.7. The number of aromatic nitrogens is 6. The molecule has 0 bridgehead atoms. The van der Waals surface area contributed by atoms with Gasteiger partial charge in [-0.15, -0.1) is 0 Å². The molecule has 2 aliphatic carbocycles. The summed E-state index contributed by atoms with van der Waals surface area (Å²) in [6, 6.07) is 5.80. The highest BCUT2D eigenvalue weighted by Crippen LogP contribution is 2.40. The molecule has 2 saturated carbocycles. The average Bonchev–Trinajstić information content (AvgIpc) is 3.82. The summed E-state index contributed by atoms with van der Waals surface area (Å²) >= 11 is 0. The molecule has 16 heteroatoms. The topological polar surface area (TPSA) is 167 Å². The van der Waals surface area contributed by atoms with E-state index in [4.69, 9.17) is 19.4 Å². The van der Waals surface area contributed by atoms with Crippen molar-refractivity contribution in [3.8, 4) is 5.88 Å². The van der Waals surface area contributed by atoms with Gasteiger partial charge in [-0.1, -0.05) is 4.98 Å². The zero-order chi connectivity index (χ0) is 32.5. The molecular formula is C31H38N10O5S. The van der Waals surface area contributed by atoms with Crippen molar-refractivity contribution in [2.45, 2.75) is 63.3 Å². The Morgan fingerprint density at radius 2 is 1.81 bits per heavy atom. The zero-order valence-electron chi connectivity index (χ0n) is 26.2. The smallest absolute Gasteiger partial charge is 0.399 e. The van der Waals surface area contributed by atoms with E-state index in [2.05, 4.69) is 31.9 Å². The Morgan fingerprint density at radius 3 is 2.49 bits per heavy atom. The number of morpholine rings is 1. The van der Waals surface area contributed by atoms with Crippen LogP contribution < -0.4 is 19.3 Å². The van der Waals surface area contributed by atoms with Crippen molar-refractivity contribution in [2.75, 3.05) is 47.1 Å². The number of nitrogens with zero attached hydrogens (tertiary/aromatic N) is 9. The maximum Gasteiger partial charge on any atom is 0.399 e. The van der Waals surface area contributed by atoms with Gasteiger partial charge in [0.15, 0.2) is 0 Å². The van der Waals surface area contributed by atoms with Gasteiger partial charge in [0.2, 0.25) is 21.9 Å². The fourth-order valence-electron chi connectivity index (χ4n) is 6.25. The van der Waals surface area contributed by atoms with Crippen molar-refractivity contribution in [3.05, 3.63) is 53.9 Å². The van der Waals surface area contributed by atoms with Crippen LogP contribution in [0.4, 0.5) is 23.4 Å². The maximum absolute atomic E-state index is 13.2. The lowest BCUT2D eigenvalue weighted by atomic mass is 9.93. The summed E-state index contributed by atoms with van der Waals surface area (Å²) in [6.07, 6.45) is 12.7. The first kappa shape index (κ1) is 31.1. The van der Waals surface area contributed by atoms with E-state index in [1.807, 2.05) is 6.07 Å². The Kier molecular flexibility index (Phi) is 8.53. The Hall–Kier alpha value is -4.57. The highest BCUT2D eigenvalue weighted by Gasteiger charge is 2.36. The molecule has 1 saturated heterocycles. The Bertz CT molecular complexity index is 1850. The van der Waals surface area contributed by atoms with Crippen LogP contribution in [-0.2, 0) is 21.3 Å². The third-order valence-electron chi connectivity index (χ3n) is 8.79. The van der Waals surface area contributed by atoms with Crippen molar-refractivity contribution in [1.82, 2.24) is 29.5 Å². The van der Waals surface area contributed by atoms with Gasteiger partial charge in [-0.25, -0.2) is 23.0 Å². The molecular weight excluding hydrogens is 624 g/mol. The van der Waals surface area contributed by atoms with Gasteiger partial charge in [-0.3, -0.25) is 14.0 Å². The number of imidazole rings is 1. The molecule has 0 atom stereocenters. The second-order valence-corrected chi connectivity index (χ2v) is 14.2. The Labute approximate surface area is 272 Å². The molecule has 1 aliphatic heterocycles. The van der Waals surface area contributed by atoms with Crippen molar-refractivity contribution < 1.29 is 22.6 Å². The molecule has 3 aliphatic rings. The van der Waals surface area contributed by atoms with Gasteiger partial charge in [-0.2, -0.15) is 4.98 Å². The number of ether oxygens (including phenoxy) is 2. The van der Waals surface area contributed by atoms with Gasteiger partial charge in [0.1, 0.15) is 23.8 Å². The first-order chi connectivity index (χ1) is 22.7.